The number of hydrogen-bond acceptors (Lipinski definition) is 3. The zero-order valence-corrected chi connectivity index (χ0v) is 12.6. The van der Waals surface area contributed by atoms with Crippen LogP contribution in [0.5, 0.6) is 11.5 Å². The van der Waals surface area contributed by atoms with Crippen LogP contribution in [0.2, 0.25) is 0 Å². The van der Waals surface area contributed by atoms with Gasteiger partial charge in [0.05, 0.1) is 7.11 Å². The predicted octanol–water partition coefficient (Wildman–Crippen LogP) is 3.01. The quantitative estimate of drug-likeness (QED) is 0.808. The number of ether oxygens (including phenoxy) is 2. The van der Waals surface area contributed by atoms with Crippen molar-refractivity contribution in [1.82, 2.24) is 4.90 Å². The van der Waals surface area contributed by atoms with Crippen molar-refractivity contribution >= 4 is 5.91 Å². The van der Waals surface area contributed by atoms with Crippen LogP contribution in [0.4, 0.5) is 0 Å². The fourth-order valence-electron chi connectivity index (χ4n) is 3.19. The van der Waals surface area contributed by atoms with E-state index >= 15 is 0 Å². The maximum Gasteiger partial charge on any atom is 0.261 e. The van der Waals surface area contributed by atoms with E-state index in [2.05, 4.69) is 4.90 Å². The van der Waals surface area contributed by atoms with Gasteiger partial charge in [-0.05, 0) is 37.8 Å². The first-order valence-electron chi connectivity index (χ1n) is 7.86. The molecule has 2 fully saturated rings. The number of amides is 1. The molecule has 0 atom stereocenters. The molecule has 3 rings (SSSR count). The van der Waals surface area contributed by atoms with Crippen LogP contribution in [0.1, 0.15) is 38.5 Å². The number of benzene rings is 1. The van der Waals surface area contributed by atoms with Crippen LogP contribution in [-0.4, -0.2) is 36.6 Å². The molecule has 1 aromatic rings. The normalized spacial score (nSPS) is 18.5. The van der Waals surface area contributed by atoms with Crippen molar-refractivity contribution in [3.8, 4) is 11.5 Å². The maximum absolute atomic E-state index is 12.5. The van der Waals surface area contributed by atoms with E-state index in [4.69, 9.17) is 9.47 Å². The Bertz CT molecular complexity index is 493. The molecule has 0 aliphatic heterocycles. The van der Waals surface area contributed by atoms with E-state index < -0.39 is 0 Å². The highest BCUT2D eigenvalue weighted by atomic mass is 16.5. The molecular weight excluding hydrogens is 266 g/mol. The maximum atomic E-state index is 12.5. The van der Waals surface area contributed by atoms with Crippen molar-refractivity contribution in [2.24, 2.45) is 0 Å². The summed E-state index contributed by atoms with van der Waals surface area (Å²) in [5, 5.41) is 0. The minimum atomic E-state index is 0.105. The highest BCUT2D eigenvalue weighted by molar-refractivity contribution is 5.79. The van der Waals surface area contributed by atoms with Gasteiger partial charge in [-0.25, -0.2) is 0 Å². The van der Waals surface area contributed by atoms with Crippen molar-refractivity contribution in [2.75, 3.05) is 13.7 Å². The highest BCUT2D eigenvalue weighted by Crippen LogP contribution is 2.34. The van der Waals surface area contributed by atoms with Gasteiger partial charge in [-0.2, -0.15) is 0 Å². The fraction of sp³-hybridized carbons (Fsp3) is 0.588. The van der Waals surface area contributed by atoms with Crippen LogP contribution >= 0.6 is 0 Å². The second-order valence-electron chi connectivity index (χ2n) is 5.91. The Labute approximate surface area is 126 Å². The van der Waals surface area contributed by atoms with Crippen LogP contribution in [0, 0.1) is 0 Å². The zero-order chi connectivity index (χ0) is 14.7. The standard InChI is InChI=1S/C17H23NO3/c1-20-15-8-4-5-9-16(15)21-12-17(19)18(14-10-11-14)13-6-2-3-7-13/h4-5,8-9,13-14H,2-3,6-7,10-12H2,1H3. The summed E-state index contributed by atoms with van der Waals surface area (Å²) in [4.78, 5) is 14.6. The van der Waals surface area contributed by atoms with Crippen molar-refractivity contribution in [3.05, 3.63) is 24.3 Å². The lowest BCUT2D eigenvalue weighted by Gasteiger charge is -2.29. The minimum absolute atomic E-state index is 0.105. The van der Waals surface area contributed by atoms with Gasteiger partial charge in [-0.15, -0.1) is 0 Å². The molecule has 1 aromatic carbocycles. The molecule has 0 unspecified atom stereocenters. The first kappa shape index (κ1) is 14.2. The molecule has 0 aromatic heterocycles. The lowest BCUT2D eigenvalue weighted by Crippen LogP contribution is -2.43. The SMILES string of the molecule is COc1ccccc1OCC(=O)N(C1CCCC1)C1CC1. The molecule has 4 heteroatoms. The van der Waals surface area contributed by atoms with Crippen LogP contribution < -0.4 is 9.47 Å². The number of rotatable bonds is 6. The molecule has 2 aliphatic carbocycles. The third-order valence-corrected chi connectivity index (χ3v) is 4.37. The Morgan fingerprint density at radius 1 is 1.10 bits per heavy atom. The van der Waals surface area contributed by atoms with Crippen molar-refractivity contribution in [1.29, 1.82) is 0 Å². The van der Waals surface area contributed by atoms with Crippen molar-refractivity contribution in [2.45, 2.75) is 50.6 Å². The minimum Gasteiger partial charge on any atom is -0.493 e. The van der Waals surface area contributed by atoms with E-state index in [1.807, 2.05) is 24.3 Å². The molecule has 0 saturated heterocycles. The summed E-state index contributed by atoms with van der Waals surface area (Å²) in [6.07, 6.45) is 7.09. The first-order chi connectivity index (χ1) is 10.3. The van der Waals surface area contributed by atoms with Crippen molar-refractivity contribution in [3.63, 3.8) is 0 Å². The molecule has 2 aliphatic rings. The van der Waals surface area contributed by atoms with Gasteiger partial charge >= 0.3 is 0 Å². The third-order valence-electron chi connectivity index (χ3n) is 4.37. The van der Waals surface area contributed by atoms with E-state index in [-0.39, 0.29) is 12.5 Å². The molecular formula is C17H23NO3. The second kappa shape index (κ2) is 6.37. The monoisotopic (exact) mass is 289 g/mol. The van der Waals surface area contributed by atoms with Gasteiger partial charge in [0.2, 0.25) is 0 Å². The Balaban J connectivity index is 1.61. The molecule has 21 heavy (non-hydrogen) atoms. The third kappa shape index (κ3) is 3.31. The van der Waals surface area contributed by atoms with Crippen molar-refractivity contribution < 1.29 is 14.3 Å². The molecule has 114 valence electrons. The lowest BCUT2D eigenvalue weighted by atomic mass is 10.2. The zero-order valence-electron chi connectivity index (χ0n) is 12.6. The van der Waals surface area contributed by atoms with Gasteiger partial charge in [0.1, 0.15) is 0 Å². The Kier molecular flexibility index (Phi) is 4.32. The van der Waals surface area contributed by atoms with Crippen LogP contribution in [0.25, 0.3) is 0 Å². The Hall–Kier alpha value is -1.71. The Morgan fingerprint density at radius 2 is 1.71 bits per heavy atom. The fourth-order valence-corrected chi connectivity index (χ4v) is 3.19. The average molecular weight is 289 g/mol. The summed E-state index contributed by atoms with van der Waals surface area (Å²) in [5.74, 6) is 1.43. The summed E-state index contributed by atoms with van der Waals surface area (Å²) in [6, 6.07) is 8.35. The van der Waals surface area contributed by atoms with E-state index in [0.717, 1.165) is 25.7 Å². The van der Waals surface area contributed by atoms with Gasteiger partial charge in [0, 0.05) is 12.1 Å². The van der Waals surface area contributed by atoms with Crippen LogP contribution in [0.3, 0.4) is 0 Å². The van der Waals surface area contributed by atoms with Gasteiger partial charge < -0.3 is 14.4 Å². The second-order valence-corrected chi connectivity index (χ2v) is 5.91. The van der Waals surface area contributed by atoms with E-state index in [1.165, 1.54) is 12.8 Å². The lowest BCUT2D eigenvalue weighted by molar-refractivity contribution is -0.136. The molecule has 0 bridgehead atoms. The molecule has 1 amide bonds. The number of methoxy groups -OCH3 is 1. The predicted molar refractivity (Wildman–Crippen MR) is 80.6 cm³/mol. The molecule has 0 N–H and O–H groups in total. The van der Waals surface area contributed by atoms with Gasteiger partial charge in [0.25, 0.3) is 5.91 Å². The van der Waals surface area contributed by atoms with Crippen LogP contribution in [0.15, 0.2) is 24.3 Å². The summed E-state index contributed by atoms with van der Waals surface area (Å²) >= 11 is 0. The Morgan fingerprint density at radius 3 is 2.33 bits per heavy atom. The number of carbonyl (C=O) groups is 1. The largest absolute Gasteiger partial charge is 0.493 e. The van der Waals surface area contributed by atoms with Gasteiger partial charge in [-0.3, -0.25) is 4.79 Å². The summed E-state index contributed by atoms with van der Waals surface area (Å²) in [5.41, 5.74) is 0. The number of carbonyl (C=O) groups excluding carboxylic acids is 1. The van der Waals surface area contributed by atoms with E-state index in [0.29, 0.717) is 23.6 Å². The van der Waals surface area contributed by atoms with Crippen LogP contribution in [-0.2, 0) is 4.79 Å². The molecule has 4 nitrogen and oxygen atoms in total. The number of hydrogen-bond donors (Lipinski definition) is 0. The summed E-state index contributed by atoms with van der Waals surface area (Å²) < 4.78 is 10.9. The summed E-state index contributed by atoms with van der Waals surface area (Å²) in [6.45, 7) is 0.105. The van der Waals surface area contributed by atoms with E-state index in [1.54, 1.807) is 7.11 Å². The average Bonchev–Trinajstić information content (AvgIpc) is 3.19. The molecule has 2 saturated carbocycles. The topological polar surface area (TPSA) is 38.8 Å². The smallest absolute Gasteiger partial charge is 0.261 e. The molecule has 0 spiro atoms. The number of nitrogens with zero attached hydrogens (tertiary/aromatic N) is 1. The highest BCUT2D eigenvalue weighted by Gasteiger charge is 2.38. The van der Waals surface area contributed by atoms with Gasteiger partial charge in [0.15, 0.2) is 18.1 Å². The van der Waals surface area contributed by atoms with Gasteiger partial charge in [-0.1, -0.05) is 25.0 Å². The van der Waals surface area contributed by atoms with E-state index in [9.17, 15) is 4.79 Å². The number of para-hydroxylation sites is 2. The summed E-state index contributed by atoms with van der Waals surface area (Å²) in [7, 11) is 1.61. The first-order valence-corrected chi connectivity index (χ1v) is 7.86. The molecule has 0 heterocycles. The molecule has 0 radical (unpaired) electrons.